The van der Waals surface area contributed by atoms with E-state index in [9.17, 15) is 0 Å². The molecule has 0 fully saturated rings. The van der Waals surface area contributed by atoms with Gasteiger partial charge < -0.3 is 9.72 Å². The first-order valence-corrected chi connectivity index (χ1v) is 4.92. The minimum atomic E-state index is 0.403. The number of hydrogen-bond acceptors (Lipinski definition) is 3. The van der Waals surface area contributed by atoms with Crippen molar-refractivity contribution in [3.05, 3.63) is 47.5 Å². The minimum absolute atomic E-state index is 0.403. The number of aromatic nitrogens is 2. The van der Waals surface area contributed by atoms with Crippen LogP contribution in [0.25, 0.3) is 0 Å². The molecular formula is C12H11N3O. The lowest BCUT2D eigenvalue weighted by atomic mass is 10.2. The van der Waals surface area contributed by atoms with Gasteiger partial charge >= 0.3 is 0 Å². The van der Waals surface area contributed by atoms with E-state index in [1.165, 1.54) is 0 Å². The average molecular weight is 213 g/mol. The molecule has 0 radical (unpaired) electrons. The fourth-order valence-electron chi connectivity index (χ4n) is 1.32. The van der Waals surface area contributed by atoms with Crippen molar-refractivity contribution in [2.45, 2.75) is 13.5 Å². The number of H-pyrrole nitrogens is 1. The van der Waals surface area contributed by atoms with Crippen molar-refractivity contribution in [2.24, 2.45) is 0 Å². The van der Waals surface area contributed by atoms with Gasteiger partial charge in [-0.15, -0.1) is 0 Å². The van der Waals surface area contributed by atoms with Crippen LogP contribution < -0.4 is 4.74 Å². The maximum Gasteiger partial charge on any atom is 0.146 e. The summed E-state index contributed by atoms with van der Waals surface area (Å²) in [6.45, 7) is 2.32. The SMILES string of the molecule is Cc1c[nH]c(COc2ccc(C#N)cc2)n1. The molecule has 1 N–H and O–H groups in total. The first-order chi connectivity index (χ1) is 7.78. The van der Waals surface area contributed by atoms with Crippen molar-refractivity contribution in [2.75, 3.05) is 0 Å². The van der Waals surface area contributed by atoms with Crippen LogP contribution in [0.5, 0.6) is 5.75 Å². The zero-order chi connectivity index (χ0) is 11.4. The maximum atomic E-state index is 8.63. The Morgan fingerprint density at radius 1 is 1.38 bits per heavy atom. The van der Waals surface area contributed by atoms with Gasteiger partial charge in [-0.3, -0.25) is 0 Å². The largest absolute Gasteiger partial charge is 0.486 e. The molecule has 1 heterocycles. The van der Waals surface area contributed by atoms with Crippen LogP contribution in [0.4, 0.5) is 0 Å². The predicted molar refractivity (Wildman–Crippen MR) is 58.8 cm³/mol. The third-order valence-corrected chi connectivity index (χ3v) is 2.12. The number of aryl methyl sites for hydroxylation is 1. The van der Waals surface area contributed by atoms with E-state index in [4.69, 9.17) is 10.00 Å². The zero-order valence-electron chi connectivity index (χ0n) is 8.90. The topological polar surface area (TPSA) is 61.7 Å². The van der Waals surface area contributed by atoms with Gasteiger partial charge in [0.05, 0.1) is 17.3 Å². The number of aromatic amines is 1. The monoisotopic (exact) mass is 213 g/mol. The van der Waals surface area contributed by atoms with Crippen LogP contribution in [0, 0.1) is 18.3 Å². The van der Waals surface area contributed by atoms with Crippen LogP contribution in [0.1, 0.15) is 17.1 Å². The first kappa shape index (κ1) is 10.2. The second-order valence-corrected chi connectivity index (χ2v) is 3.41. The molecule has 0 aliphatic carbocycles. The summed E-state index contributed by atoms with van der Waals surface area (Å²) in [5.74, 6) is 1.52. The Balaban J connectivity index is 1.97. The first-order valence-electron chi connectivity index (χ1n) is 4.92. The van der Waals surface area contributed by atoms with Crippen molar-refractivity contribution in [1.82, 2.24) is 9.97 Å². The highest BCUT2D eigenvalue weighted by molar-refractivity contribution is 5.34. The summed E-state index contributed by atoms with van der Waals surface area (Å²) in [5.41, 5.74) is 1.57. The van der Waals surface area contributed by atoms with Gasteiger partial charge in [0.15, 0.2) is 0 Å². The smallest absolute Gasteiger partial charge is 0.146 e. The van der Waals surface area contributed by atoms with Crippen LogP contribution in [-0.4, -0.2) is 9.97 Å². The molecule has 0 aliphatic heterocycles. The number of nitrogens with one attached hydrogen (secondary N) is 1. The molecule has 0 spiro atoms. The molecule has 80 valence electrons. The molecule has 2 aromatic rings. The molecule has 2 rings (SSSR count). The van der Waals surface area contributed by atoms with Gasteiger partial charge in [-0.2, -0.15) is 5.26 Å². The van der Waals surface area contributed by atoms with E-state index in [1.54, 1.807) is 24.3 Å². The van der Waals surface area contributed by atoms with Gasteiger partial charge in [0.2, 0.25) is 0 Å². The van der Waals surface area contributed by atoms with Crippen molar-refractivity contribution < 1.29 is 4.74 Å². The van der Waals surface area contributed by atoms with Crippen molar-refractivity contribution in [3.8, 4) is 11.8 Å². The fraction of sp³-hybridized carbons (Fsp3) is 0.167. The second kappa shape index (κ2) is 4.49. The molecule has 16 heavy (non-hydrogen) atoms. The molecule has 0 saturated carbocycles. The number of imidazole rings is 1. The van der Waals surface area contributed by atoms with Crippen molar-refractivity contribution >= 4 is 0 Å². The highest BCUT2D eigenvalue weighted by atomic mass is 16.5. The number of ether oxygens (including phenoxy) is 1. The van der Waals surface area contributed by atoms with Gasteiger partial charge in [0.25, 0.3) is 0 Å². The molecule has 0 amide bonds. The summed E-state index contributed by atoms with van der Waals surface area (Å²) < 4.78 is 5.50. The van der Waals surface area contributed by atoms with Crippen LogP contribution in [0.2, 0.25) is 0 Å². The minimum Gasteiger partial charge on any atom is -0.486 e. The molecule has 0 bridgehead atoms. The summed E-state index contributed by atoms with van der Waals surface area (Å²) in [4.78, 5) is 7.24. The molecule has 0 unspecified atom stereocenters. The molecule has 4 nitrogen and oxygen atoms in total. The van der Waals surface area contributed by atoms with E-state index >= 15 is 0 Å². The number of benzene rings is 1. The fourth-order valence-corrected chi connectivity index (χ4v) is 1.32. The molecule has 0 atom stereocenters. The van der Waals surface area contributed by atoms with Crippen LogP contribution in [0.15, 0.2) is 30.5 Å². The molecule has 1 aromatic heterocycles. The van der Waals surface area contributed by atoms with Crippen molar-refractivity contribution in [1.29, 1.82) is 5.26 Å². The van der Waals surface area contributed by atoms with E-state index in [-0.39, 0.29) is 0 Å². The van der Waals surface area contributed by atoms with Gasteiger partial charge in [-0.1, -0.05) is 0 Å². The number of rotatable bonds is 3. The Kier molecular flexibility index (Phi) is 2.88. The molecule has 1 aromatic carbocycles. The maximum absolute atomic E-state index is 8.63. The quantitative estimate of drug-likeness (QED) is 0.849. The zero-order valence-corrected chi connectivity index (χ0v) is 8.90. The number of nitriles is 1. The van der Waals surface area contributed by atoms with Gasteiger partial charge in [-0.05, 0) is 31.2 Å². The highest BCUT2D eigenvalue weighted by Gasteiger charge is 1.99. The Labute approximate surface area is 93.5 Å². The average Bonchev–Trinajstić information content (AvgIpc) is 2.73. The van der Waals surface area contributed by atoms with Gasteiger partial charge in [0, 0.05) is 6.20 Å². The lowest BCUT2D eigenvalue weighted by molar-refractivity contribution is 0.297. The molecule has 4 heteroatoms. The predicted octanol–water partition coefficient (Wildman–Crippen LogP) is 2.17. The van der Waals surface area contributed by atoms with Gasteiger partial charge in [-0.25, -0.2) is 4.98 Å². The summed E-state index contributed by atoms with van der Waals surface area (Å²) in [7, 11) is 0. The van der Waals surface area contributed by atoms with E-state index in [0.717, 1.165) is 17.3 Å². The normalized spacial score (nSPS) is 9.75. The van der Waals surface area contributed by atoms with Crippen molar-refractivity contribution in [3.63, 3.8) is 0 Å². The number of hydrogen-bond donors (Lipinski definition) is 1. The highest BCUT2D eigenvalue weighted by Crippen LogP contribution is 2.12. The number of nitrogens with zero attached hydrogens (tertiary/aromatic N) is 2. The second-order valence-electron chi connectivity index (χ2n) is 3.41. The third kappa shape index (κ3) is 2.39. The van der Waals surface area contributed by atoms with Crippen LogP contribution in [0.3, 0.4) is 0 Å². The van der Waals surface area contributed by atoms with Crippen LogP contribution >= 0.6 is 0 Å². The molecular weight excluding hydrogens is 202 g/mol. The summed E-state index contributed by atoms with van der Waals surface area (Å²) >= 11 is 0. The van der Waals surface area contributed by atoms with E-state index < -0.39 is 0 Å². The Morgan fingerprint density at radius 2 is 2.12 bits per heavy atom. The van der Waals surface area contributed by atoms with E-state index in [2.05, 4.69) is 16.0 Å². The lowest BCUT2D eigenvalue weighted by Crippen LogP contribution is -1.97. The Bertz CT molecular complexity index is 508. The van der Waals surface area contributed by atoms with Crippen LogP contribution in [-0.2, 0) is 6.61 Å². The Hall–Kier alpha value is -2.28. The molecule has 0 aliphatic rings. The molecule has 0 saturated heterocycles. The Morgan fingerprint density at radius 3 is 2.69 bits per heavy atom. The lowest BCUT2D eigenvalue weighted by Gasteiger charge is -2.03. The van der Waals surface area contributed by atoms with E-state index in [0.29, 0.717) is 12.2 Å². The summed E-state index contributed by atoms with van der Waals surface area (Å²) in [5, 5.41) is 8.63. The van der Waals surface area contributed by atoms with Gasteiger partial charge in [0.1, 0.15) is 18.2 Å². The summed E-state index contributed by atoms with van der Waals surface area (Å²) in [6.07, 6.45) is 1.83. The summed E-state index contributed by atoms with van der Waals surface area (Å²) in [6, 6.07) is 9.05. The third-order valence-electron chi connectivity index (χ3n) is 2.12. The standard InChI is InChI=1S/C12H11N3O/c1-9-7-14-12(15-9)8-16-11-4-2-10(6-13)3-5-11/h2-5,7H,8H2,1H3,(H,14,15). The van der Waals surface area contributed by atoms with E-state index in [1.807, 2.05) is 13.1 Å².